The Morgan fingerprint density at radius 2 is 1.95 bits per heavy atom. The summed E-state index contributed by atoms with van der Waals surface area (Å²) in [4.78, 5) is 3.48. The van der Waals surface area contributed by atoms with Crippen LogP contribution in [0.5, 0.6) is 0 Å². The van der Waals surface area contributed by atoms with Crippen molar-refractivity contribution in [1.82, 2.24) is 9.21 Å². The predicted molar refractivity (Wildman–Crippen MR) is 83.8 cm³/mol. The minimum Gasteiger partial charge on any atom is -0.300 e. The van der Waals surface area contributed by atoms with Gasteiger partial charge in [0.2, 0.25) is 0 Å². The van der Waals surface area contributed by atoms with Gasteiger partial charge in [-0.2, -0.15) is 4.31 Å². The van der Waals surface area contributed by atoms with E-state index in [0.29, 0.717) is 23.3 Å². The molecule has 1 aromatic heterocycles. The van der Waals surface area contributed by atoms with E-state index in [1.54, 1.807) is 10.4 Å². The Balaban J connectivity index is 2.13. The number of thiophene rings is 1. The molecule has 0 saturated carbocycles. The Labute approximate surface area is 126 Å². The van der Waals surface area contributed by atoms with E-state index in [1.165, 1.54) is 11.3 Å². The summed E-state index contributed by atoms with van der Waals surface area (Å²) >= 11 is 1.40. The second-order valence-electron chi connectivity index (χ2n) is 5.46. The van der Waals surface area contributed by atoms with Gasteiger partial charge in [-0.25, -0.2) is 8.42 Å². The zero-order chi connectivity index (χ0) is 14.8. The Bertz CT molecular complexity index is 537. The third kappa shape index (κ3) is 3.42. The van der Waals surface area contributed by atoms with Gasteiger partial charge in [-0.05, 0) is 45.4 Å². The Kier molecular flexibility index (Phi) is 5.23. The highest BCUT2D eigenvalue weighted by Gasteiger charge is 2.28. The molecule has 0 unspecified atom stereocenters. The smallest absolute Gasteiger partial charge is 0.252 e. The van der Waals surface area contributed by atoms with Crippen molar-refractivity contribution in [2.24, 2.45) is 0 Å². The van der Waals surface area contributed by atoms with Gasteiger partial charge < -0.3 is 0 Å². The molecule has 1 aromatic rings. The molecule has 2 heterocycles. The molecule has 0 amide bonds. The molecule has 1 aliphatic rings. The largest absolute Gasteiger partial charge is 0.300 e. The van der Waals surface area contributed by atoms with Gasteiger partial charge in [0.05, 0.1) is 0 Å². The first-order valence-corrected chi connectivity index (χ1v) is 9.53. The van der Waals surface area contributed by atoms with Crippen LogP contribution in [-0.4, -0.2) is 49.8 Å². The fourth-order valence-electron chi connectivity index (χ4n) is 2.48. The average Bonchev–Trinajstić information content (AvgIpc) is 2.75. The predicted octanol–water partition coefficient (Wildman–Crippen LogP) is 2.42. The molecule has 4 nitrogen and oxygen atoms in total. The minimum absolute atomic E-state index is 0.478. The molecule has 1 aliphatic heterocycles. The molecule has 20 heavy (non-hydrogen) atoms. The first kappa shape index (κ1) is 15.9. The molecule has 0 spiro atoms. The summed E-state index contributed by atoms with van der Waals surface area (Å²) in [5.41, 5.74) is 0. The van der Waals surface area contributed by atoms with Crippen LogP contribution >= 0.6 is 11.3 Å². The third-order valence-electron chi connectivity index (χ3n) is 3.80. The Morgan fingerprint density at radius 1 is 1.20 bits per heavy atom. The van der Waals surface area contributed by atoms with E-state index in [4.69, 9.17) is 0 Å². The number of hydrogen-bond donors (Lipinski definition) is 0. The van der Waals surface area contributed by atoms with Crippen molar-refractivity contribution in [1.29, 1.82) is 0 Å². The molecule has 0 radical (unpaired) electrons. The summed E-state index contributed by atoms with van der Waals surface area (Å²) in [5, 5.41) is 0. The van der Waals surface area contributed by atoms with Crippen molar-refractivity contribution in [2.75, 3.05) is 26.2 Å². The van der Waals surface area contributed by atoms with Crippen molar-refractivity contribution in [2.45, 2.75) is 43.9 Å². The summed E-state index contributed by atoms with van der Waals surface area (Å²) in [5.74, 6) is 0. The standard InChI is InChI=1S/C14H24N2O2S2/c1-4-13-6-7-14(19-13)20(17,18)16-9-5-8-15(10-11-16)12(2)3/h6-7,12H,4-5,8-11H2,1-3H3. The van der Waals surface area contributed by atoms with Crippen molar-refractivity contribution in [3.8, 4) is 0 Å². The molecule has 0 bridgehead atoms. The van der Waals surface area contributed by atoms with Crippen LogP contribution in [0.25, 0.3) is 0 Å². The summed E-state index contributed by atoms with van der Waals surface area (Å²) in [6.07, 6.45) is 1.80. The summed E-state index contributed by atoms with van der Waals surface area (Å²) in [7, 11) is -3.30. The van der Waals surface area contributed by atoms with Crippen molar-refractivity contribution >= 4 is 21.4 Å². The molecule has 1 saturated heterocycles. The average molecular weight is 316 g/mol. The minimum atomic E-state index is -3.30. The number of rotatable bonds is 4. The van der Waals surface area contributed by atoms with E-state index in [2.05, 4.69) is 25.7 Å². The van der Waals surface area contributed by atoms with Crippen molar-refractivity contribution < 1.29 is 8.42 Å². The second-order valence-corrected chi connectivity index (χ2v) is 8.79. The lowest BCUT2D eigenvalue weighted by Crippen LogP contribution is -2.37. The zero-order valence-electron chi connectivity index (χ0n) is 12.5. The zero-order valence-corrected chi connectivity index (χ0v) is 14.1. The van der Waals surface area contributed by atoms with Gasteiger partial charge in [0.15, 0.2) is 0 Å². The van der Waals surface area contributed by atoms with Gasteiger partial charge in [-0.3, -0.25) is 4.90 Å². The van der Waals surface area contributed by atoms with Gasteiger partial charge in [0.25, 0.3) is 10.0 Å². The van der Waals surface area contributed by atoms with Gasteiger partial charge in [-0.1, -0.05) is 6.92 Å². The SMILES string of the molecule is CCc1ccc(S(=O)(=O)N2CCCN(C(C)C)CC2)s1. The molecule has 0 aromatic carbocycles. The van der Waals surface area contributed by atoms with Crippen LogP contribution in [0, 0.1) is 0 Å². The van der Waals surface area contributed by atoms with Crippen LogP contribution in [0.1, 0.15) is 32.1 Å². The van der Waals surface area contributed by atoms with Gasteiger partial charge >= 0.3 is 0 Å². The van der Waals surface area contributed by atoms with E-state index < -0.39 is 10.0 Å². The van der Waals surface area contributed by atoms with Crippen LogP contribution in [0.3, 0.4) is 0 Å². The normalized spacial score (nSPS) is 19.4. The maximum absolute atomic E-state index is 12.7. The van der Waals surface area contributed by atoms with Crippen molar-refractivity contribution in [3.05, 3.63) is 17.0 Å². The summed E-state index contributed by atoms with van der Waals surface area (Å²) in [6, 6.07) is 4.16. The summed E-state index contributed by atoms with van der Waals surface area (Å²) in [6.45, 7) is 9.41. The third-order valence-corrected chi connectivity index (χ3v) is 7.39. The second kappa shape index (κ2) is 6.56. The molecule has 1 fully saturated rings. The molecule has 0 atom stereocenters. The first-order valence-electron chi connectivity index (χ1n) is 7.28. The van der Waals surface area contributed by atoms with E-state index in [0.717, 1.165) is 30.8 Å². The van der Waals surface area contributed by atoms with Crippen LogP contribution in [0.4, 0.5) is 0 Å². The summed E-state index contributed by atoms with van der Waals surface area (Å²) < 4.78 is 27.5. The van der Waals surface area contributed by atoms with Crippen LogP contribution in [0.15, 0.2) is 16.3 Å². The lowest BCUT2D eigenvalue weighted by atomic mass is 10.3. The lowest BCUT2D eigenvalue weighted by molar-refractivity contribution is 0.233. The van der Waals surface area contributed by atoms with E-state index >= 15 is 0 Å². The fraction of sp³-hybridized carbons (Fsp3) is 0.714. The topological polar surface area (TPSA) is 40.6 Å². The van der Waals surface area contributed by atoms with Crippen LogP contribution in [-0.2, 0) is 16.4 Å². The number of sulfonamides is 1. The fourth-order valence-corrected chi connectivity index (χ4v) is 5.40. The molecule has 2 rings (SSSR count). The number of nitrogens with zero attached hydrogens (tertiary/aromatic N) is 2. The van der Waals surface area contributed by atoms with E-state index in [1.807, 2.05) is 6.07 Å². The monoisotopic (exact) mass is 316 g/mol. The highest BCUT2D eigenvalue weighted by molar-refractivity contribution is 7.91. The Morgan fingerprint density at radius 3 is 2.55 bits per heavy atom. The molecule has 0 aliphatic carbocycles. The number of hydrogen-bond acceptors (Lipinski definition) is 4. The van der Waals surface area contributed by atoms with Gasteiger partial charge in [0.1, 0.15) is 4.21 Å². The quantitative estimate of drug-likeness (QED) is 0.856. The molecule has 114 valence electrons. The molecular formula is C14H24N2O2S2. The molecule has 6 heteroatoms. The van der Waals surface area contributed by atoms with Crippen molar-refractivity contribution in [3.63, 3.8) is 0 Å². The van der Waals surface area contributed by atoms with E-state index in [9.17, 15) is 8.42 Å². The Hall–Kier alpha value is -0.430. The lowest BCUT2D eigenvalue weighted by Gasteiger charge is -2.24. The van der Waals surface area contributed by atoms with Gasteiger partial charge in [0, 0.05) is 30.6 Å². The van der Waals surface area contributed by atoms with E-state index in [-0.39, 0.29) is 0 Å². The first-order chi connectivity index (χ1) is 9.45. The highest BCUT2D eigenvalue weighted by Crippen LogP contribution is 2.26. The number of aryl methyl sites for hydroxylation is 1. The maximum atomic E-state index is 12.7. The molecular weight excluding hydrogens is 292 g/mol. The van der Waals surface area contributed by atoms with Crippen LogP contribution in [0.2, 0.25) is 0 Å². The van der Waals surface area contributed by atoms with Gasteiger partial charge in [-0.15, -0.1) is 11.3 Å². The molecule has 0 N–H and O–H groups in total. The van der Waals surface area contributed by atoms with Crippen LogP contribution < -0.4 is 0 Å². The maximum Gasteiger partial charge on any atom is 0.252 e. The highest BCUT2D eigenvalue weighted by atomic mass is 32.2.